The molecular formula is C40H67NO2SSi2. The lowest BCUT2D eigenvalue weighted by Gasteiger charge is -2.46. The van der Waals surface area contributed by atoms with Crippen molar-refractivity contribution in [2.45, 2.75) is 160 Å². The van der Waals surface area contributed by atoms with Crippen LogP contribution < -0.4 is 0 Å². The molecule has 3 saturated carbocycles. The van der Waals surface area contributed by atoms with Crippen molar-refractivity contribution in [3.05, 3.63) is 60.0 Å². The lowest BCUT2D eigenvalue weighted by atomic mass is 9.61. The summed E-state index contributed by atoms with van der Waals surface area (Å²) in [6.07, 6.45) is 18.8. The highest BCUT2D eigenvalue weighted by molar-refractivity contribution is 7.99. The molecule has 46 heavy (non-hydrogen) atoms. The summed E-state index contributed by atoms with van der Waals surface area (Å²) in [4.78, 5) is 5.52. The maximum absolute atomic E-state index is 7.10. The number of nitrogens with zero attached hydrogens (tertiary/aromatic N) is 1. The molecule has 3 fully saturated rings. The Morgan fingerprint density at radius 3 is 2.26 bits per heavy atom. The summed E-state index contributed by atoms with van der Waals surface area (Å²) in [5, 5.41) is 0.344. The Kier molecular flexibility index (Phi) is 11.9. The van der Waals surface area contributed by atoms with Crippen LogP contribution in [0.5, 0.6) is 0 Å². The first-order chi connectivity index (χ1) is 21.2. The van der Waals surface area contributed by atoms with Gasteiger partial charge in [-0.1, -0.05) is 79.7 Å². The van der Waals surface area contributed by atoms with Gasteiger partial charge in [0, 0.05) is 23.7 Å². The number of rotatable bonds is 10. The fourth-order valence-electron chi connectivity index (χ4n) is 7.98. The summed E-state index contributed by atoms with van der Waals surface area (Å²) in [7, 11) is -3.89. The average molecular weight is 682 g/mol. The van der Waals surface area contributed by atoms with Crippen LogP contribution in [0.1, 0.15) is 107 Å². The monoisotopic (exact) mass is 681 g/mol. The Balaban J connectivity index is 1.53. The highest BCUT2D eigenvalue weighted by Crippen LogP contribution is 2.60. The largest absolute Gasteiger partial charge is 0.413 e. The topological polar surface area (TPSA) is 31.4 Å². The minimum Gasteiger partial charge on any atom is -0.413 e. The quantitative estimate of drug-likeness (QED) is 0.182. The van der Waals surface area contributed by atoms with Crippen LogP contribution in [0.25, 0.3) is 0 Å². The standard InChI is InChI=1S/C40H67NO2SSi2/c1-29(22-26-44-34-20-24-41-25-21-34)35-18-19-36-31(15-14-23-40(35,36)9)16-17-32-27-33(42-45(10,11)38(3,4)5)28-37(30(32)2)43-46(12,13)39(6,7)8/h16-17,20-21,24-25,29,33,35-37H,2,14-15,18-19,22-23,26-28H2,1,3-13H3/b31-16+,32-17-/t29-,33?,35?,36+,37?,40-/m1/s1. The Hall–Kier alpha value is -0.926. The summed E-state index contributed by atoms with van der Waals surface area (Å²) in [6.45, 7) is 33.5. The number of allylic oxidation sites excluding steroid dienone is 3. The lowest BCUT2D eigenvalue weighted by Crippen LogP contribution is -2.49. The van der Waals surface area contributed by atoms with E-state index in [0.717, 1.165) is 24.7 Å². The van der Waals surface area contributed by atoms with Crippen LogP contribution in [0.4, 0.5) is 0 Å². The van der Waals surface area contributed by atoms with Crippen LogP contribution >= 0.6 is 11.8 Å². The molecule has 0 bridgehead atoms. The molecule has 6 atom stereocenters. The van der Waals surface area contributed by atoms with Crippen LogP contribution in [0.15, 0.2) is 64.9 Å². The molecule has 3 unspecified atom stereocenters. The molecule has 3 nitrogen and oxygen atoms in total. The minimum atomic E-state index is -1.97. The molecule has 0 radical (unpaired) electrons. The van der Waals surface area contributed by atoms with E-state index in [-0.39, 0.29) is 22.3 Å². The highest BCUT2D eigenvalue weighted by atomic mass is 32.2. The molecule has 0 aliphatic heterocycles. The number of fused-ring (bicyclic) bond motifs is 1. The van der Waals surface area contributed by atoms with Gasteiger partial charge in [-0.2, -0.15) is 0 Å². The molecule has 0 aromatic carbocycles. The maximum atomic E-state index is 7.10. The third-order valence-electron chi connectivity index (χ3n) is 13.0. The van der Waals surface area contributed by atoms with Gasteiger partial charge in [-0.05, 0) is 133 Å². The fourth-order valence-corrected chi connectivity index (χ4v) is 11.7. The van der Waals surface area contributed by atoms with Gasteiger partial charge in [0.1, 0.15) is 0 Å². The van der Waals surface area contributed by atoms with Gasteiger partial charge >= 0.3 is 0 Å². The number of hydrogen-bond acceptors (Lipinski definition) is 4. The van der Waals surface area contributed by atoms with Crippen molar-refractivity contribution in [3.63, 3.8) is 0 Å². The molecular weight excluding hydrogens is 615 g/mol. The number of thioether (sulfide) groups is 1. The van der Waals surface area contributed by atoms with E-state index in [0.29, 0.717) is 11.3 Å². The Morgan fingerprint density at radius 1 is 1.00 bits per heavy atom. The molecule has 6 heteroatoms. The fraction of sp³-hybridized carbons (Fsp3) is 0.725. The molecule has 1 aromatic heterocycles. The maximum Gasteiger partial charge on any atom is 0.192 e. The molecule has 0 spiro atoms. The van der Waals surface area contributed by atoms with Gasteiger partial charge in [0.2, 0.25) is 0 Å². The summed E-state index contributed by atoms with van der Waals surface area (Å²) in [5.74, 6) is 3.45. The molecule has 4 rings (SSSR count). The first-order valence-electron chi connectivity index (χ1n) is 18.2. The Labute approximate surface area is 290 Å². The Bertz CT molecular complexity index is 1260. The van der Waals surface area contributed by atoms with E-state index in [1.165, 1.54) is 60.3 Å². The van der Waals surface area contributed by atoms with E-state index in [9.17, 15) is 0 Å². The normalized spacial score (nSPS) is 30.6. The summed E-state index contributed by atoms with van der Waals surface area (Å²) < 4.78 is 14.2. The van der Waals surface area contributed by atoms with Gasteiger partial charge in [0.05, 0.1) is 12.2 Å². The van der Waals surface area contributed by atoms with Crippen molar-refractivity contribution in [3.8, 4) is 0 Å². The van der Waals surface area contributed by atoms with Gasteiger partial charge in [0.15, 0.2) is 16.6 Å². The molecule has 3 aliphatic carbocycles. The van der Waals surface area contributed by atoms with Crippen molar-refractivity contribution >= 4 is 28.4 Å². The van der Waals surface area contributed by atoms with E-state index in [1.807, 2.05) is 24.2 Å². The lowest BCUT2D eigenvalue weighted by molar-refractivity contribution is 0.0958. The van der Waals surface area contributed by atoms with Crippen molar-refractivity contribution in [1.82, 2.24) is 4.98 Å². The van der Waals surface area contributed by atoms with E-state index >= 15 is 0 Å². The van der Waals surface area contributed by atoms with Crippen molar-refractivity contribution in [2.75, 3.05) is 5.75 Å². The second-order valence-corrected chi connectivity index (χ2v) is 28.8. The van der Waals surface area contributed by atoms with Crippen molar-refractivity contribution < 1.29 is 8.85 Å². The third kappa shape index (κ3) is 8.62. The molecule has 3 aliphatic rings. The SMILES string of the molecule is C=C1/C(=C\C=C2/CCC[C@]3(C)C([C@H](C)CCSc4ccncc4)CC[C@@H]23)CC(O[Si](C)(C)C(C)(C)C)CC1O[Si](C)(C)C(C)(C)C. The van der Waals surface area contributed by atoms with E-state index in [2.05, 4.69) is 111 Å². The van der Waals surface area contributed by atoms with Gasteiger partial charge in [0.25, 0.3) is 0 Å². The summed E-state index contributed by atoms with van der Waals surface area (Å²) >= 11 is 1.99. The van der Waals surface area contributed by atoms with Gasteiger partial charge in [-0.25, -0.2) is 0 Å². The van der Waals surface area contributed by atoms with Crippen molar-refractivity contribution in [2.24, 2.45) is 23.2 Å². The van der Waals surface area contributed by atoms with Crippen LogP contribution in [-0.4, -0.2) is 39.6 Å². The number of pyridine rings is 1. The number of hydrogen-bond donors (Lipinski definition) is 0. The predicted molar refractivity (Wildman–Crippen MR) is 206 cm³/mol. The summed E-state index contributed by atoms with van der Waals surface area (Å²) in [5.41, 5.74) is 4.65. The zero-order valence-electron chi connectivity index (χ0n) is 31.6. The van der Waals surface area contributed by atoms with E-state index in [1.54, 1.807) is 5.57 Å². The Morgan fingerprint density at radius 2 is 1.63 bits per heavy atom. The van der Waals surface area contributed by atoms with Gasteiger partial charge in [-0.15, -0.1) is 11.8 Å². The highest BCUT2D eigenvalue weighted by Gasteiger charge is 2.50. The zero-order chi connectivity index (χ0) is 34.1. The van der Waals surface area contributed by atoms with Crippen LogP contribution in [0.2, 0.25) is 36.3 Å². The first-order valence-corrected chi connectivity index (χ1v) is 25.0. The van der Waals surface area contributed by atoms with E-state index < -0.39 is 16.6 Å². The molecule has 258 valence electrons. The van der Waals surface area contributed by atoms with Gasteiger partial charge < -0.3 is 8.85 Å². The predicted octanol–water partition coefficient (Wildman–Crippen LogP) is 12.4. The van der Waals surface area contributed by atoms with Crippen molar-refractivity contribution in [1.29, 1.82) is 0 Å². The smallest absolute Gasteiger partial charge is 0.192 e. The number of aromatic nitrogens is 1. The first kappa shape index (κ1) is 37.9. The summed E-state index contributed by atoms with van der Waals surface area (Å²) in [6, 6.07) is 4.28. The second kappa shape index (κ2) is 14.5. The molecule has 0 N–H and O–H groups in total. The van der Waals surface area contributed by atoms with Crippen LogP contribution in [-0.2, 0) is 8.85 Å². The average Bonchev–Trinajstić information content (AvgIpc) is 3.30. The minimum absolute atomic E-state index is 0.0346. The molecule has 1 heterocycles. The molecule has 0 amide bonds. The van der Waals surface area contributed by atoms with E-state index in [4.69, 9.17) is 15.4 Å². The van der Waals surface area contributed by atoms with Crippen LogP contribution in [0, 0.1) is 23.2 Å². The third-order valence-corrected chi connectivity index (χ3v) is 23.0. The molecule has 0 saturated heterocycles. The molecule has 1 aromatic rings. The van der Waals surface area contributed by atoms with Crippen LogP contribution in [0.3, 0.4) is 0 Å². The zero-order valence-corrected chi connectivity index (χ0v) is 34.4. The van der Waals surface area contributed by atoms with Gasteiger partial charge in [-0.3, -0.25) is 4.98 Å². The second-order valence-electron chi connectivity index (χ2n) is 18.2.